The van der Waals surface area contributed by atoms with Crippen LogP contribution in [0.2, 0.25) is 0 Å². The highest BCUT2D eigenvalue weighted by Crippen LogP contribution is 2.28. The molecule has 2 radical (unpaired) electrons. The number of ether oxygens (including phenoxy) is 1. The Kier molecular flexibility index (Phi) is 10.0. The first-order chi connectivity index (χ1) is 17.5. The predicted octanol–water partition coefficient (Wildman–Crippen LogP) is 2.22. The topological polar surface area (TPSA) is 142 Å². The lowest BCUT2D eigenvalue weighted by Gasteiger charge is -2.15. The molecule has 0 atom stereocenters. The first-order valence-electron chi connectivity index (χ1n) is 11.5. The van der Waals surface area contributed by atoms with Crippen molar-refractivity contribution in [1.29, 1.82) is 0 Å². The van der Waals surface area contributed by atoms with Crippen molar-refractivity contribution in [3.63, 3.8) is 0 Å². The smallest absolute Gasteiger partial charge is 0.260 e. The molecular weight excluding hydrogens is 459 g/mol. The van der Waals surface area contributed by atoms with Crippen molar-refractivity contribution in [3.8, 4) is 5.75 Å². The van der Waals surface area contributed by atoms with Crippen LogP contribution in [0.25, 0.3) is 0 Å². The highest BCUT2D eigenvalue weighted by atomic mass is 16.5. The molecule has 5 N–H and O–H groups in total. The number of carbonyl (C=O) groups is 2. The minimum absolute atomic E-state index is 0.0769. The number of aromatic nitrogens is 3. The monoisotopic (exact) mass is 488 g/mol. The fraction of sp³-hybridized carbons (Fsp3) is 0.292. The van der Waals surface area contributed by atoms with Crippen molar-refractivity contribution < 1.29 is 14.3 Å². The molecule has 0 fully saturated rings. The minimum Gasteiger partial charge on any atom is -0.495 e. The Hall–Kier alpha value is -4.19. The minimum atomic E-state index is -0.400. The summed E-state index contributed by atoms with van der Waals surface area (Å²) < 4.78 is 5.29. The maximum Gasteiger partial charge on any atom is 0.260 e. The van der Waals surface area contributed by atoms with E-state index in [2.05, 4.69) is 41.4 Å². The number of pyridine rings is 1. The van der Waals surface area contributed by atoms with Gasteiger partial charge in [-0.15, -0.1) is 0 Å². The van der Waals surface area contributed by atoms with Crippen molar-refractivity contribution in [2.24, 2.45) is 0 Å². The molecule has 2 heterocycles. The number of nitrogens with one attached hydrogen (secondary N) is 5. The molecule has 0 aliphatic heterocycles. The molecule has 3 rings (SSSR count). The van der Waals surface area contributed by atoms with Crippen molar-refractivity contribution in [2.75, 3.05) is 48.0 Å². The van der Waals surface area contributed by atoms with Gasteiger partial charge in [-0.3, -0.25) is 14.6 Å². The van der Waals surface area contributed by atoms with E-state index in [0.29, 0.717) is 42.0 Å². The summed E-state index contributed by atoms with van der Waals surface area (Å²) in [5.74, 6) is 0.525. The number of anilines is 4. The molecule has 12 heteroatoms. The number of amides is 2. The first-order valence-corrected chi connectivity index (χ1v) is 11.5. The highest BCUT2D eigenvalue weighted by Gasteiger charge is 2.16. The molecule has 0 bridgehead atoms. The third kappa shape index (κ3) is 7.67. The quantitative estimate of drug-likeness (QED) is 0.229. The van der Waals surface area contributed by atoms with Gasteiger partial charge in [0.25, 0.3) is 5.91 Å². The van der Waals surface area contributed by atoms with Crippen molar-refractivity contribution >= 4 is 42.9 Å². The van der Waals surface area contributed by atoms with E-state index in [4.69, 9.17) is 12.7 Å². The molecule has 11 nitrogen and oxygen atoms in total. The van der Waals surface area contributed by atoms with E-state index in [9.17, 15) is 9.59 Å². The van der Waals surface area contributed by atoms with Gasteiger partial charge in [-0.1, -0.05) is 6.92 Å². The van der Waals surface area contributed by atoms with Gasteiger partial charge >= 0.3 is 0 Å². The molecule has 36 heavy (non-hydrogen) atoms. The van der Waals surface area contributed by atoms with Crippen molar-refractivity contribution in [2.45, 2.75) is 19.8 Å². The van der Waals surface area contributed by atoms with Crippen LogP contribution in [-0.2, 0) is 11.2 Å². The van der Waals surface area contributed by atoms with E-state index >= 15 is 0 Å². The molecule has 3 aromatic rings. The second-order valence-corrected chi connectivity index (χ2v) is 7.71. The molecule has 2 amide bonds. The number of hydrogen-bond acceptors (Lipinski definition) is 9. The van der Waals surface area contributed by atoms with E-state index in [0.717, 1.165) is 18.4 Å². The number of rotatable bonds is 13. The molecule has 0 aliphatic rings. The Bertz CT molecular complexity index is 1160. The zero-order valence-corrected chi connectivity index (χ0v) is 20.3. The van der Waals surface area contributed by atoms with Gasteiger partial charge in [0.1, 0.15) is 17.1 Å². The SMILES string of the molecule is [B]NCC(=O)Nc1cc(NC(=O)c2cnc(NCCc3ccncc3)nc2NCCC)ccc1OC. The number of carbonyl (C=O) groups excluding carboxylic acids is 2. The maximum atomic E-state index is 13.1. The first kappa shape index (κ1) is 26.4. The second kappa shape index (κ2) is 13.6. The summed E-state index contributed by atoms with van der Waals surface area (Å²) in [5.41, 5.74) is 2.28. The summed E-state index contributed by atoms with van der Waals surface area (Å²) >= 11 is 0. The molecule has 0 aliphatic carbocycles. The fourth-order valence-electron chi connectivity index (χ4n) is 3.25. The Morgan fingerprint density at radius 3 is 2.58 bits per heavy atom. The second-order valence-electron chi connectivity index (χ2n) is 7.71. The van der Waals surface area contributed by atoms with Gasteiger partial charge in [0.05, 0.1) is 19.3 Å². The molecule has 186 valence electrons. The normalized spacial score (nSPS) is 10.4. The largest absolute Gasteiger partial charge is 0.495 e. The Morgan fingerprint density at radius 1 is 1.06 bits per heavy atom. The van der Waals surface area contributed by atoms with E-state index in [1.54, 1.807) is 30.6 Å². The third-order valence-electron chi connectivity index (χ3n) is 5.02. The number of benzene rings is 1. The molecule has 1 aromatic carbocycles. The summed E-state index contributed by atoms with van der Waals surface area (Å²) in [5, 5.41) is 14.2. The maximum absolute atomic E-state index is 13.1. The lowest BCUT2D eigenvalue weighted by molar-refractivity contribution is -0.115. The van der Waals surface area contributed by atoms with E-state index in [-0.39, 0.29) is 18.0 Å². The summed E-state index contributed by atoms with van der Waals surface area (Å²) in [7, 11) is 6.69. The summed E-state index contributed by atoms with van der Waals surface area (Å²) in [6.45, 7) is 3.21. The van der Waals surface area contributed by atoms with E-state index in [1.165, 1.54) is 13.3 Å². The van der Waals surface area contributed by atoms with E-state index in [1.807, 2.05) is 19.1 Å². The molecule has 0 saturated carbocycles. The number of methoxy groups -OCH3 is 1. The van der Waals surface area contributed by atoms with Crippen molar-refractivity contribution in [3.05, 3.63) is 60.0 Å². The van der Waals surface area contributed by atoms with Crippen LogP contribution < -0.4 is 31.2 Å². The van der Waals surface area contributed by atoms with Gasteiger partial charge < -0.3 is 31.2 Å². The average Bonchev–Trinajstić information content (AvgIpc) is 2.88. The summed E-state index contributed by atoms with van der Waals surface area (Å²) in [4.78, 5) is 37.9. The zero-order valence-electron chi connectivity index (χ0n) is 20.3. The van der Waals surface area contributed by atoms with Crippen LogP contribution in [0.15, 0.2) is 48.9 Å². The Labute approximate surface area is 211 Å². The average molecular weight is 488 g/mol. The lowest BCUT2D eigenvalue weighted by atomic mass is 10.2. The van der Waals surface area contributed by atoms with Crippen LogP contribution in [0.1, 0.15) is 29.3 Å². The van der Waals surface area contributed by atoms with Gasteiger partial charge in [-0.25, -0.2) is 4.98 Å². The molecule has 2 aromatic heterocycles. The van der Waals surface area contributed by atoms with Crippen LogP contribution in [0.4, 0.5) is 23.1 Å². The van der Waals surface area contributed by atoms with Crippen molar-refractivity contribution in [1.82, 2.24) is 20.2 Å². The van der Waals surface area contributed by atoms with Gasteiger partial charge in [0.15, 0.2) is 7.98 Å². The van der Waals surface area contributed by atoms with Gasteiger partial charge in [-0.05, 0) is 48.7 Å². The van der Waals surface area contributed by atoms with Crippen LogP contribution in [0.5, 0.6) is 5.75 Å². The van der Waals surface area contributed by atoms with Crippen LogP contribution >= 0.6 is 0 Å². The highest BCUT2D eigenvalue weighted by molar-refractivity contribution is 6.08. The summed E-state index contributed by atoms with van der Waals surface area (Å²) in [6.07, 6.45) is 6.62. The van der Waals surface area contributed by atoms with Gasteiger partial charge in [-0.2, -0.15) is 4.98 Å². The standard InChI is InChI=1S/C24H29BN8O3/c1-3-9-27-22-18(14-29-24(33-22)28-12-8-16-6-10-26-11-7-16)23(35)31-17-4-5-20(36-2)19(13-17)32-21(34)15-30-25/h4-7,10-11,13-14,30H,3,8-9,12,15H2,1-2H3,(H,31,35)(H,32,34)(H2,27,28,29,33). The lowest BCUT2D eigenvalue weighted by Crippen LogP contribution is -2.26. The summed E-state index contributed by atoms with van der Waals surface area (Å²) in [6, 6.07) is 8.82. The Morgan fingerprint density at radius 2 is 1.86 bits per heavy atom. The molecular formula is C24H29BN8O3. The number of hydrogen-bond donors (Lipinski definition) is 5. The third-order valence-corrected chi connectivity index (χ3v) is 5.02. The fourth-order valence-corrected chi connectivity index (χ4v) is 3.25. The van der Waals surface area contributed by atoms with Crippen LogP contribution in [0.3, 0.4) is 0 Å². The van der Waals surface area contributed by atoms with Crippen LogP contribution in [-0.4, -0.2) is 61.5 Å². The molecule has 0 spiro atoms. The molecule has 0 unspecified atom stereocenters. The van der Waals surface area contributed by atoms with Gasteiger partial charge in [0, 0.05) is 37.4 Å². The zero-order chi connectivity index (χ0) is 25.8. The van der Waals surface area contributed by atoms with E-state index < -0.39 is 5.91 Å². The molecule has 0 saturated heterocycles. The Balaban J connectivity index is 1.73. The number of nitrogens with zero attached hydrogens (tertiary/aromatic N) is 3. The predicted molar refractivity (Wildman–Crippen MR) is 141 cm³/mol. The van der Waals surface area contributed by atoms with Gasteiger partial charge in [0.2, 0.25) is 11.9 Å². The van der Waals surface area contributed by atoms with Crippen LogP contribution in [0, 0.1) is 0 Å².